The van der Waals surface area contributed by atoms with Crippen LogP contribution < -0.4 is 5.32 Å². The molecule has 2 aromatic rings. The minimum absolute atomic E-state index is 0.265. The Labute approximate surface area is 92.1 Å². The van der Waals surface area contributed by atoms with E-state index in [9.17, 15) is 4.79 Å². The summed E-state index contributed by atoms with van der Waals surface area (Å²) < 4.78 is 0. The third-order valence-electron chi connectivity index (χ3n) is 2.18. The Balaban J connectivity index is 1.98. The molecule has 2 rings (SSSR count). The SMILES string of the molecule is Cc1cccnc1CNC(=O)c1cn[nH]n1. The van der Waals surface area contributed by atoms with Crippen molar-refractivity contribution >= 4 is 5.91 Å². The third kappa shape index (κ3) is 2.22. The first-order valence-corrected chi connectivity index (χ1v) is 4.82. The maximum absolute atomic E-state index is 11.5. The summed E-state index contributed by atoms with van der Waals surface area (Å²) in [6.45, 7) is 2.34. The Morgan fingerprint density at radius 2 is 2.44 bits per heavy atom. The Kier molecular flexibility index (Phi) is 2.90. The lowest BCUT2D eigenvalue weighted by atomic mass is 10.2. The Hall–Kier alpha value is -2.24. The molecule has 0 aromatic carbocycles. The largest absolute Gasteiger partial charge is 0.345 e. The molecule has 2 N–H and O–H groups in total. The standard InChI is InChI=1S/C10H11N5O/c1-7-3-2-4-11-8(7)5-12-10(16)9-6-13-15-14-9/h2-4,6H,5H2,1H3,(H,12,16)(H,13,14,15). The number of amides is 1. The number of carbonyl (C=O) groups excluding carboxylic acids is 1. The molecule has 6 nitrogen and oxygen atoms in total. The Bertz CT molecular complexity index is 480. The molecule has 2 heterocycles. The predicted molar refractivity (Wildman–Crippen MR) is 56.5 cm³/mol. The summed E-state index contributed by atoms with van der Waals surface area (Å²) in [4.78, 5) is 15.7. The van der Waals surface area contributed by atoms with E-state index in [0.29, 0.717) is 6.54 Å². The average Bonchev–Trinajstić information content (AvgIpc) is 2.81. The molecule has 0 spiro atoms. The van der Waals surface area contributed by atoms with Crippen molar-refractivity contribution in [1.29, 1.82) is 0 Å². The molecule has 1 amide bonds. The molecule has 0 unspecified atom stereocenters. The van der Waals surface area contributed by atoms with Crippen molar-refractivity contribution in [1.82, 2.24) is 25.7 Å². The van der Waals surface area contributed by atoms with E-state index in [0.717, 1.165) is 11.3 Å². The summed E-state index contributed by atoms with van der Waals surface area (Å²) in [5.41, 5.74) is 2.16. The second-order valence-corrected chi connectivity index (χ2v) is 3.30. The first-order valence-electron chi connectivity index (χ1n) is 4.82. The molecule has 2 aromatic heterocycles. The summed E-state index contributed by atoms with van der Waals surface area (Å²) in [6, 6.07) is 3.81. The van der Waals surface area contributed by atoms with Crippen LogP contribution in [-0.4, -0.2) is 26.3 Å². The summed E-state index contributed by atoms with van der Waals surface area (Å²) in [6.07, 6.45) is 3.07. The van der Waals surface area contributed by atoms with Crippen LogP contribution in [0.3, 0.4) is 0 Å². The lowest BCUT2D eigenvalue weighted by Crippen LogP contribution is -2.24. The van der Waals surface area contributed by atoms with Crippen LogP contribution >= 0.6 is 0 Å². The van der Waals surface area contributed by atoms with E-state index in [-0.39, 0.29) is 11.6 Å². The minimum atomic E-state index is -0.265. The van der Waals surface area contributed by atoms with Crippen molar-refractivity contribution in [3.63, 3.8) is 0 Å². The van der Waals surface area contributed by atoms with Crippen LogP contribution in [0.25, 0.3) is 0 Å². The maximum Gasteiger partial charge on any atom is 0.273 e. The van der Waals surface area contributed by atoms with E-state index in [4.69, 9.17) is 0 Å². The Morgan fingerprint density at radius 3 is 3.12 bits per heavy atom. The molecule has 16 heavy (non-hydrogen) atoms. The fraction of sp³-hybridized carbons (Fsp3) is 0.200. The molecule has 0 radical (unpaired) electrons. The average molecular weight is 217 g/mol. The van der Waals surface area contributed by atoms with Crippen molar-refractivity contribution < 1.29 is 4.79 Å². The van der Waals surface area contributed by atoms with Gasteiger partial charge in [-0.1, -0.05) is 6.07 Å². The number of hydrogen-bond acceptors (Lipinski definition) is 4. The zero-order chi connectivity index (χ0) is 11.4. The van der Waals surface area contributed by atoms with Gasteiger partial charge in [0.25, 0.3) is 5.91 Å². The quantitative estimate of drug-likeness (QED) is 0.781. The molecule has 0 fully saturated rings. The van der Waals surface area contributed by atoms with Gasteiger partial charge in [-0.25, -0.2) is 0 Å². The van der Waals surface area contributed by atoms with Crippen LogP contribution in [0.15, 0.2) is 24.5 Å². The number of H-pyrrole nitrogens is 1. The highest BCUT2D eigenvalue weighted by Gasteiger charge is 2.08. The molecular weight excluding hydrogens is 206 g/mol. The van der Waals surface area contributed by atoms with Gasteiger partial charge in [-0.3, -0.25) is 9.78 Å². The summed E-state index contributed by atoms with van der Waals surface area (Å²) in [7, 11) is 0. The highest BCUT2D eigenvalue weighted by Crippen LogP contribution is 2.02. The molecule has 0 aliphatic rings. The van der Waals surface area contributed by atoms with E-state index in [1.54, 1.807) is 6.20 Å². The van der Waals surface area contributed by atoms with Crippen molar-refractivity contribution in [3.8, 4) is 0 Å². The van der Waals surface area contributed by atoms with Crippen molar-refractivity contribution in [2.24, 2.45) is 0 Å². The molecule has 82 valence electrons. The number of aryl methyl sites for hydroxylation is 1. The number of nitrogens with one attached hydrogen (secondary N) is 2. The van der Waals surface area contributed by atoms with Crippen molar-refractivity contribution in [2.75, 3.05) is 0 Å². The first kappa shape index (κ1) is 10.3. The molecule has 0 saturated carbocycles. The number of aromatic nitrogens is 4. The van der Waals surface area contributed by atoms with Crippen LogP contribution in [0.1, 0.15) is 21.7 Å². The number of nitrogens with zero attached hydrogens (tertiary/aromatic N) is 3. The summed E-state index contributed by atoms with van der Waals surface area (Å²) in [5, 5.41) is 12.3. The highest BCUT2D eigenvalue weighted by atomic mass is 16.1. The van der Waals surface area contributed by atoms with E-state index in [1.807, 2.05) is 19.1 Å². The molecule has 0 aliphatic carbocycles. The van der Waals surface area contributed by atoms with E-state index < -0.39 is 0 Å². The van der Waals surface area contributed by atoms with E-state index in [2.05, 4.69) is 25.7 Å². The van der Waals surface area contributed by atoms with E-state index in [1.165, 1.54) is 6.20 Å². The zero-order valence-electron chi connectivity index (χ0n) is 8.77. The van der Waals surface area contributed by atoms with Gasteiger partial charge in [0.1, 0.15) is 0 Å². The molecule has 0 saturated heterocycles. The lowest BCUT2D eigenvalue weighted by Gasteiger charge is -2.04. The van der Waals surface area contributed by atoms with Crippen molar-refractivity contribution in [3.05, 3.63) is 41.5 Å². The van der Waals surface area contributed by atoms with Crippen LogP contribution in [0.2, 0.25) is 0 Å². The molecule has 0 atom stereocenters. The second-order valence-electron chi connectivity index (χ2n) is 3.30. The second kappa shape index (κ2) is 4.52. The van der Waals surface area contributed by atoms with Gasteiger partial charge >= 0.3 is 0 Å². The minimum Gasteiger partial charge on any atom is -0.345 e. The normalized spacial score (nSPS) is 10.1. The fourth-order valence-corrected chi connectivity index (χ4v) is 1.27. The fourth-order valence-electron chi connectivity index (χ4n) is 1.27. The van der Waals surface area contributed by atoms with Gasteiger partial charge < -0.3 is 5.32 Å². The van der Waals surface area contributed by atoms with Gasteiger partial charge in [0.2, 0.25) is 0 Å². The monoisotopic (exact) mass is 217 g/mol. The predicted octanol–water partition coefficient (Wildman–Crippen LogP) is 0.438. The molecule has 0 bridgehead atoms. The van der Waals surface area contributed by atoms with Gasteiger partial charge in [0.05, 0.1) is 18.4 Å². The molecule has 0 aliphatic heterocycles. The zero-order valence-corrected chi connectivity index (χ0v) is 8.77. The molecular formula is C10H11N5O. The van der Waals surface area contributed by atoms with Gasteiger partial charge in [0.15, 0.2) is 5.69 Å². The van der Waals surface area contributed by atoms with Gasteiger partial charge in [-0.05, 0) is 18.6 Å². The van der Waals surface area contributed by atoms with E-state index >= 15 is 0 Å². The van der Waals surface area contributed by atoms with Crippen LogP contribution in [-0.2, 0) is 6.54 Å². The number of carbonyl (C=O) groups is 1. The van der Waals surface area contributed by atoms with Crippen molar-refractivity contribution in [2.45, 2.75) is 13.5 Å². The van der Waals surface area contributed by atoms with Crippen LogP contribution in [0, 0.1) is 6.92 Å². The topological polar surface area (TPSA) is 83.6 Å². The third-order valence-corrected chi connectivity index (χ3v) is 2.18. The first-order chi connectivity index (χ1) is 7.77. The highest BCUT2D eigenvalue weighted by molar-refractivity contribution is 5.91. The van der Waals surface area contributed by atoms with Gasteiger partial charge in [-0.15, -0.1) is 0 Å². The van der Waals surface area contributed by atoms with Gasteiger partial charge in [-0.2, -0.15) is 15.4 Å². The van der Waals surface area contributed by atoms with Gasteiger partial charge in [0, 0.05) is 6.20 Å². The molecule has 6 heteroatoms. The van der Waals surface area contributed by atoms with Crippen LogP contribution in [0.4, 0.5) is 0 Å². The number of rotatable bonds is 3. The number of pyridine rings is 1. The van der Waals surface area contributed by atoms with Crippen LogP contribution in [0.5, 0.6) is 0 Å². The summed E-state index contributed by atoms with van der Waals surface area (Å²) in [5.74, 6) is -0.265. The smallest absolute Gasteiger partial charge is 0.273 e. The summed E-state index contributed by atoms with van der Waals surface area (Å²) >= 11 is 0. The maximum atomic E-state index is 11.5. The lowest BCUT2D eigenvalue weighted by molar-refractivity contribution is 0.0945. The number of aromatic amines is 1. The Morgan fingerprint density at radius 1 is 1.56 bits per heavy atom. The number of hydrogen-bond donors (Lipinski definition) is 2.